The standard InChI is InChI=1S/C11H13ClN2O3/c1-3-13(4-2)10-6-5-8(14(16)17)7-9(10)11(12)15/h5-7H,3-4H2,1-2H3. The Bertz CT molecular complexity index is 444. The van der Waals surface area contributed by atoms with Crippen LogP contribution in [0.4, 0.5) is 11.4 Å². The molecule has 0 spiro atoms. The van der Waals surface area contributed by atoms with E-state index < -0.39 is 10.2 Å². The molecule has 0 aliphatic carbocycles. The lowest BCUT2D eigenvalue weighted by atomic mass is 10.1. The van der Waals surface area contributed by atoms with Crippen LogP contribution in [0.1, 0.15) is 24.2 Å². The van der Waals surface area contributed by atoms with E-state index in [-0.39, 0.29) is 11.3 Å². The van der Waals surface area contributed by atoms with Crippen LogP contribution in [-0.4, -0.2) is 23.3 Å². The Hall–Kier alpha value is -1.62. The van der Waals surface area contributed by atoms with Crippen LogP contribution in [0.5, 0.6) is 0 Å². The monoisotopic (exact) mass is 256 g/mol. The van der Waals surface area contributed by atoms with E-state index in [0.717, 1.165) is 0 Å². The molecule has 0 amide bonds. The molecule has 0 fully saturated rings. The summed E-state index contributed by atoms with van der Waals surface area (Å²) in [5.41, 5.74) is 0.662. The van der Waals surface area contributed by atoms with E-state index in [1.807, 2.05) is 18.7 Å². The molecule has 0 radical (unpaired) electrons. The van der Waals surface area contributed by atoms with Crippen molar-refractivity contribution in [2.24, 2.45) is 0 Å². The summed E-state index contributed by atoms with van der Waals surface area (Å²) in [5.74, 6) is 0. The van der Waals surface area contributed by atoms with E-state index in [0.29, 0.717) is 18.8 Å². The number of hydrogen-bond acceptors (Lipinski definition) is 4. The highest BCUT2D eigenvalue weighted by Gasteiger charge is 2.17. The zero-order chi connectivity index (χ0) is 13.0. The molecule has 0 aliphatic heterocycles. The largest absolute Gasteiger partial charge is 0.371 e. The second-order valence-corrected chi connectivity index (χ2v) is 3.75. The number of benzene rings is 1. The van der Waals surface area contributed by atoms with E-state index in [9.17, 15) is 14.9 Å². The summed E-state index contributed by atoms with van der Waals surface area (Å²) in [6.07, 6.45) is 0. The lowest BCUT2D eigenvalue weighted by Crippen LogP contribution is -2.23. The van der Waals surface area contributed by atoms with Crippen LogP contribution in [0.2, 0.25) is 0 Å². The number of carbonyl (C=O) groups excluding carboxylic acids is 1. The third-order valence-electron chi connectivity index (χ3n) is 2.51. The summed E-state index contributed by atoms with van der Waals surface area (Å²) in [4.78, 5) is 23.3. The Kier molecular flexibility index (Phi) is 4.45. The molecule has 0 bridgehead atoms. The summed E-state index contributed by atoms with van der Waals surface area (Å²) in [6, 6.07) is 4.14. The maximum atomic E-state index is 11.3. The third kappa shape index (κ3) is 2.94. The SMILES string of the molecule is CCN(CC)c1ccc([N+](=O)[O-])cc1C(=O)Cl. The van der Waals surface area contributed by atoms with Gasteiger partial charge in [-0.2, -0.15) is 0 Å². The summed E-state index contributed by atoms with van der Waals surface area (Å²) in [5, 5.41) is 9.95. The molecule has 1 aromatic rings. The van der Waals surface area contributed by atoms with Crippen molar-refractivity contribution in [1.29, 1.82) is 0 Å². The number of hydrogen-bond donors (Lipinski definition) is 0. The van der Waals surface area contributed by atoms with Gasteiger partial charge in [-0.05, 0) is 31.5 Å². The van der Waals surface area contributed by atoms with E-state index in [1.165, 1.54) is 12.1 Å². The smallest absolute Gasteiger partial charge is 0.270 e. The van der Waals surface area contributed by atoms with Crippen molar-refractivity contribution in [3.05, 3.63) is 33.9 Å². The molecule has 17 heavy (non-hydrogen) atoms. The topological polar surface area (TPSA) is 63.4 Å². The molecule has 6 heteroatoms. The molecule has 1 aromatic carbocycles. The van der Waals surface area contributed by atoms with Gasteiger partial charge in [-0.3, -0.25) is 14.9 Å². The number of carbonyl (C=O) groups is 1. The first-order valence-electron chi connectivity index (χ1n) is 5.24. The van der Waals surface area contributed by atoms with Gasteiger partial charge in [0.15, 0.2) is 0 Å². The minimum absolute atomic E-state index is 0.134. The molecule has 0 aliphatic rings. The molecule has 92 valence electrons. The van der Waals surface area contributed by atoms with Crippen LogP contribution in [0.15, 0.2) is 18.2 Å². The van der Waals surface area contributed by atoms with Crippen molar-refractivity contribution in [2.75, 3.05) is 18.0 Å². The minimum Gasteiger partial charge on any atom is -0.371 e. The Labute approximate surface area is 104 Å². The lowest BCUT2D eigenvalue weighted by Gasteiger charge is -2.22. The molecule has 0 unspecified atom stereocenters. The Morgan fingerprint density at radius 2 is 2.00 bits per heavy atom. The van der Waals surface area contributed by atoms with Gasteiger partial charge in [-0.1, -0.05) is 0 Å². The third-order valence-corrected chi connectivity index (χ3v) is 2.71. The molecule has 1 rings (SSSR count). The van der Waals surface area contributed by atoms with Crippen LogP contribution >= 0.6 is 11.6 Å². The molecule has 0 aromatic heterocycles. The van der Waals surface area contributed by atoms with Gasteiger partial charge < -0.3 is 4.90 Å². The van der Waals surface area contributed by atoms with E-state index in [2.05, 4.69) is 0 Å². The van der Waals surface area contributed by atoms with E-state index in [4.69, 9.17) is 11.6 Å². The van der Waals surface area contributed by atoms with Crippen LogP contribution in [-0.2, 0) is 0 Å². The van der Waals surface area contributed by atoms with Gasteiger partial charge in [0.25, 0.3) is 10.9 Å². The first-order valence-corrected chi connectivity index (χ1v) is 5.62. The number of nitro benzene ring substituents is 1. The van der Waals surface area contributed by atoms with Gasteiger partial charge in [-0.25, -0.2) is 0 Å². The highest BCUT2D eigenvalue weighted by Crippen LogP contribution is 2.26. The fourth-order valence-corrected chi connectivity index (χ4v) is 1.79. The molecular formula is C11H13ClN2O3. The van der Waals surface area contributed by atoms with Gasteiger partial charge in [0.05, 0.1) is 10.5 Å². The van der Waals surface area contributed by atoms with Gasteiger partial charge in [0.2, 0.25) is 0 Å². The van der Waals surface area contributed by atoms with Crippen molar-refractivity contribution in [3.8, 4) is 0 Å². The average molecular weight is 257 g/mol. The normalized spacial score (nSPS) is 10.1. The van der Waals surface area contributed by atoms with Crippen molar-refractivity contribution in [2.45, 2.75) is 13.8 Å². The molecule has 0 saturated carbocycles. The summed E-state index contributed by atoms with van der Waals surface area (Å²) >= 11 is 5.45. The second kappa shape index (κ2) is 5.63. The number of rotatable bonds is 5. The van der Waals surface area contributed by atoms with Crippen molar-refractivity contribution in [1.82, 2.24) is 0 Å². The second-order valence-electron chi connectivity index (χ2n) is 3.40. The van der Waals surface area contributed by atoms with Gasteiger partial charge >= 0.3 is 0 Å². The summed E-state index contributed by atoms with van der Waals surface area (Å²) in [7, 11) is 0. The Balaban J connectivity index is 3.31. The highest BCUT2D eigenvalue weighted by atomic mass is 35.5. The number of anilines is 1. The van der Waals surface area contributed by atoms with Gasteiger partial charge in [-0.15, -0.1) is 0 Å². The van der Waals surface area contributed by atoms with Gasteiger partial charge in [0, 0.05) is 30.9 Å². The Morgan fingerprint density at radius 1 is 1.41 bits per heavy atom. The average Bonchev–Trinajstić information content (AvgIpc) is 2.30. The highest BCUT2D eigenvalue weighted by molar-refractivity contribution is 6.68. The fraction of sp³-hybridized carbons (Fsp3) is 0.364. The molecular weight excluding hydrogens is 244 g/mol. The first-order chi connectivity index (χ1) is 8.01. The molecule has 0 heterocycles. The lowest BCUT2D eigenvalue weighted by molar-refractivity contribution is -0.384. The zero-order valence-corrected chi connectivity index (χ0v) is 10.4. The van der Waals surface area contributed by atoms with Crippen LogP contribution in [0.25, 0.3) is 0 Å². The maximum absolute atomic E-state index is 11.3. The number of non-ortho nitro benzene ring substituents is 1. The molecule has 0 atom stereocenters. The maximum Gasteiger partial charge on any atom is 0.270 e. The van der Waals surface area contributed by atoms with Crippen LogP contribution < -0.4 is 4.90 Å². The number of halogens is 1. The quantitative estimate of drug-likeness (QED) is 0.462. The van der Waals surface area contributed by atoms with E-state index in [1.54, 1.807) is 6.07 Å². The van der Waals surface area contributed by atoms with Crippen molar-refractivity contribution < 1.29 is 9.72 Å². The minimum atomic E-state index is -0.685. The fourth-order valence-electron chi connectivity index (χ4n) is 1.64. The molecule has 0 saturated heterocycles. The van der Waals surface area contributed by atoms with E-state index >= 15 is 0 Å². The summed E-state index contributed by atoms with van der Waals surface area (Å²) in [6.45, 7) is 5.28. The van der Waals surface area contributed by atoms with Crippen molar-refractivity contribution in [3.63, 3.8) is 0 Å². The number of nitrogens with zero attached hydrogens (tertiary/aromatic N) is 2. The predicted octanol–water partition coefficient (Wildman–Crippen LogP) is 2.82. The summed E-state index contributed by atoms with van der Waals surface area (Å²) < 4.78 is 0. The van der Waals surface area contributed by atoms with Gasteiger partial charge in [0.1, 0.15) is 0 Å². The zero-order valence-electron chi connectivity index (χ0n) is 9.64. The van der Waals surface area contributed by atoms with Crippen molar-refractivity contribution >= 4 is 28.2 Å². The molecule has 0 N–H and O–H groups in total. The predicted molar refractivity (Wildman–Crippen MR) is 66.8 cm³/mol. The number of nitro groups is 1. The van der Waals surface area contributed by atoms with Crippen LogP contribution in [0.3, 0.4) is 0 Å². The van der Waals surface area contributed by atoms with Crippen LogP contribution in [0, 0.1) is 10.1 Å². The molecule has 5 nitrogen and oxygen atoms in total. The Morgan fingerprint density at radius 3 is 2.41 bits per heavy atom. The first kappa shape index (κ1) is 13.4.